The second-order valence-corrected chi connectivity index (χ2v) is 7.90. The number of nitrogens with zero attached hydrogens (tertiary/aromatic N) is 3. The molecule has 4 rings (SSSR count). The molecule has 0 saturated carbocycles. The summed E-state index contributed by atoms with van der Waals surface area (Å²) in [6.45, 7) is 3.87. The molecule has 28 heavy (non-hydrogen) atoms. The zero-order valence-corrected chi connectivity index (χ0v) is 17.0. The van der Waals surface area contributed by atoms with E-state index in [-0.39, 0.29) is 11.9 Å². The molecule has 3 aromatic rings. The van der Waals surface area contributed by atoms with Crippen molar-refractivity contribution in [1.29, 1.82) is 0 Å². The molecule has 0 unspecified atom stereocenters. The molecule has 1 fully saturated rings. The van der Waals surface area contributed by atoms with Crippen LogP contribution < -0.4 is 0 Å². The molecular formula is C23H26ClN3O. The quantitative estimate of drug-likeness (QED) is 0.572. The van der Waals surface area contributed by atoms with Crippen LogP contribution in [0.2, 0.25) is 5.02 Å². The Bertz CT molecular complexity index is 975. The van der Waals surface area contributed by atoms with Crippen molar-refractivity contribution in [3.63, 3.8) is 0 Å². The van der Waals surface area contributed by atoms with Crippen LogP contribution in [0, 0.1) is 0 Å². The minimum Gasteiger partial charge on any atom is -0.341 e. The third kappa shape index (κ3) is 3.66. The lowest BCUT2D eigenvalue weighted by molar-refractivity contribution is -0.133. The Morgan fingerprint density at radius 1 is 1.11 bits per heavy atom. The molecule has 1 saturated heterocycles. The highest BCUT2D eigenvalue weighted by Gasteiger charge is 2.30. The fourth-order valence-electron chi connectivity index (χ4n) is 4.16. The van der Waals surface area contributed by atoms with E-state index in [1.165, 1.54) is 0 Å². The first-order valence-electron chi connectivity index (χ1n) is 10.2. The van der Waals surface area contributed by atoms with E-state index in [0.29, 0.717) is 6.42 Å². The number of likely N-dealkylation sites (tertiary alicyclic amines) is 1. The van der Waals surface area contributed by atoms with Crippen LogP contribution in [-0.2, 0) is 11.2 Å². The monoisotopic (exact) mass is 395 g/mol. The van der Waals surface area contributed by atoms with Crippen molar-refractivity contribution in [3.8, 4) is 0 Å². The van der Waals surface area contributed by atoms with E-state index in [1.54, 1.807) is 0 Å². The van der Waals surface area contributed by atoms with Gasteiger partial charge in [-0.05, 0) is 43.0 Å². The maximum atomic E-state index is 13.4. The molecule has 0 aliphatic carbocycles. The average molecular weight is 396 g/mol. The van der Waals surface area contributed by atoms with Crippen molar-refractivity contribution < 1.29 is 4.79 Å². The lowest BCUT2D eigenvalue weighted by atomic mass is 10.1. The van der Waals surface area contributed by atoms with Crippen LogP contribution >= 0.6 is 11.6 Å². The summed E-state index contributed by atoms with van der Waals surface area (Å²) in [6.07, 6.45) is 4.57. The van der Waals surface area contributed by atoms with Gasteiger partial charge >= 0.3 is 0 Å². The highest BCUT2D eigenvalue weighted by atomic mass is 35.5. The normalized spacial score (nSPS) is 15.3. The third-order valence-corrected chi connectivity index (χ3v) is 5.92. The van der Waals surface area contributed by atoms with Crippen LogP contribution in [0.5, 0.6) is 0 Å². The van der Waals surface area contributed by atoms with E-state index in [2.05, 4.69) is 17.6 Å². The van der Waals surface area contributed by atoms with E-state index in [4.69, 9.17) is 16.6 Å². The maximum absolute atomic E-state index is 13.4. The summed E-state index contributed by atoms with van der Waals surface area (Å²) < 4.78 is 2.17. The Balaban J connectivity index is 1.80. The number of carbonyl (C=O) groups is 1. The van der Waals surface area contributed by atoms with Gasteiger partial charge in [-0.3, -0.25) is 4.79 Å². The molecule has 0 bridgehead atoms. The molecule has 1 aliphatic heterocycles. The van der Waals surface area contributed by atoms with Gasteiger partial charge in [0.15, 0.2) is 0 Å². The molecular weight excluding hydrogens is 370 g/mol. The van der Waals surface area contributed by atoms with Crippen LogP contribution in [0.3, 0.4) is 0 Å². The summed E-state index contributed by atoms with van der Waals surface area (Å²) in [5.74, 6) is 1.13. The maximum Gasteiger partial charge on any atom is 0.245 e. The van der Waals surface area contributed by atoms with Crippen molar-refractivity contribution in [1.82, 2.24) is 14.5 Å². The molecule has 146 valence electrons. The first kappa shape index (κ1) is 19.0. The van der Waals surface area contributed by atoms with E-state index in [1.807, 2.05) is 47.4 Å². The van der Waals surface area contributed by atoms with Crippen molar-refractivity contribution in [2.24, 2.45) is 0 Å². The highest BCUT2D eigenvalue weighted by Crippen LogP contribution is 2.29. The molecule has 1 aliphatic rings. The van der Waals surface area contributed by atoms with Gasteiger partial charge in [0.1, 0.15) is 11.9 Å². The Labute approximate surface area is 171 Å². The van der Waals surface area contributed by atoms with E-state index in [0.717, 1.165) is 66.2 Å². The topological polar surface area (TPSA) is 38.1 Å². The zero-order valence-electron chi connectivity index (χ0n) is 16.3. The minimum absolute atomic E-state index is 0.215. The van der Waals surface area contributed by atoms with Gasteiger partial charge < -0.3 is 9.47 Å². The Kier molecular flexibility index (Phi) is 5.67. The number of carbonyl (C=O) groups excluding carboxylic acids is 1. The highest BCUT2D eigenvalue weighted by molar-refractivity contribution is 6.31. The first-order chi connectivity index (χ1) is 13.7. The second kappa shape index (κ2) is 8.36. The fraction of sp³-hybridized carbons (Fsp3) is 0.391. The number of para-hydroxylation sites is 2. The molecule has 4 nitrogen and oxygen atoms in total. The molecule has 5 heteroatoms. The molecule has 1 atom stereocenters. The van der Waals surface area contributed by atoms with Crippen LogP contribution in [0.15, 0.2) is 48.5 Å². The SMILES string of the molecule is CCC[C@@H](C(=O)N1CCCC1)n1c(Cc2ccccc2Cl)nc2ccccc21. The predicted octanol–water partition coefficient (Wildman–Crippen LogP) is 5.24. The fourth-order valence-corrected chi connectivity index (χ4v) is 4.37. The summed E-state index contributed by atoms with van der Waals surface area (Å²) in [7, 11) is 0. The number of hydrogen-bond acceptors (Lipinski definition) is 2. The molecule has 2 heterocycles. The second-order valence-electron chi connectivity index (χ2n) is 7.49. The number of imidazole rings is 1. The summed E-state index contributed by atoms with van der Waals surface area (Å²) >= 11 is 6.42. The van der Waals surface area contributed by atoms with Crippen LogP contribution in [-0.4, -0.2) is 33.4 Å². The predicted molar refractivity (Wildman–Crippen MR) is 114 cm³/mol. The molecule has 0 spiro atoms. The Morgan fingerprint density at radius 3 is 2.57 bits per heavy atom. The molecule has 1 amide bonds. The number of aromatic nitrogens is 2. The number of rotatable bonds is 6. The summed E-state index contributed by atoms with van der Waals surface area (Å²) in [4.78, 5) is 20.3. The number of halogens is 1. The van der Waals surface area contributed by atoms with E-state index in [9.17, 15) is 4.79 Å². The van der Waals surface area contributed by atoms with E-state index >= 15 is 0 Å². The van der Waals surface area contributed by atoms with Gasteiger partial charge in [0.25, 0.3) is 0 Å². The summed E-state index contributed by atoms with van der Waals surface area (Å²) in [6, 6.07) is 15.8. The molecule has 1 aromatic heterocycles. The summed E-state index contributed by atoms with van der Waals surface area (Å²) in [5.41, 5.74) is 2.99. The smallest absolute Gasteiger partial charge is 0.245 e. The molecule has 0 N–H and O–H groups in total. The van der Waals surface area contributed by atoms with Crippen LogP contribution in [0.1, 0.15) is 50.0 Å². The number of amides is 1. The van der Waals surface area contributed by atoms with Gasteiger partial charge in [0, 0.05) is 24.5 Å². The van der Waals surface area contributed by atoms with Crippen LogP contribution in [0.4, 0.5) is 0 Å². The van der Waals surface area contributed by atoms with Gasteiger partial charge in [-0.15, -0.1) is 0 Å². The average Bonchev–Trinajstić information content (AvgIpc) is 3.35. The molecule has 2 aromatic carbocycles. The van der Waals surface area contributed by atoms with E-state index < -0.39 is 0 Å². The largest absolute Gasteiger partial charge is 0.341 e. The van der Waals surface area contributed by atoms with Gasteiger partial charge in [0.2, 0.25) is 5.91 Å². The van der Waals surface area contributed by atoms with Gasteiger partial charge in [-0.2, -0.15) is 0 Å². The number of fused-ring (bicyclic) bond motifs is 1. The van der Waals surface area contributed by atoms with Crippen LogP contribution in [0.25, 0.3) is 11.0 Å². The lowest BCUT2D eigenvalue weighted by Crippen LogP contribution is -2.35. The van der Waals surface area contributed by atoms with Crippen molar-refractivity contribution >= 4 is 28.5 Å². The zero-order chi connectivity index (χ0) is 19.5. The third-order valence-electron chi connectivity index (χ3n) is 5.55. The van der Waals surface area contributed by atoms with Gasteiger partial charge in [-0.1, -0.05) is 55.3 Å². The number of hydrogen-bond donors (Lipinski definition) is 0. The summed E-state index contributed by atoms with van der Waals surface area (Å²) in [5, 5.41) is 0.735. The lowest BCUT2D eigenvalue weighted by Gasteiger charge is -2.26. The Hall–Kier alpha value is -2.33. The van der Waals surface area contributed by atoms with Gasteiger partial charge in [0.05, 0.1) is 11.0 Å². The molecule has 0 radical (unpaired) electrons. The standard InChI is InChI=1S/C23H26ClN3O/c1-2-9-21(23(28)26-14-7-8-15-26)27-20-13-6-5-12-19(20)25-22(27)16-17-10-3-4-11-18(17)24/h3-6,10-13,21H,2,7-9,14-16H2,1H3/t21-/m0/s1. The van der Waals surface area contributed by atoms with Crippen molar-refractivity contribution in [2.45, 2.75) is 45.1 Å². The number of benzene rings is 2. The first-order valence-corrected chi connectivity index (χ1v) is 10.5. The van der Waals surface area contributed by atoms with Crippen molar-refractivity contribution in [2.75, 3.05) is 13.1 Å². The van der Waals surface area contributed by atoms with Gasteiger partial charge in [-0.25, -0.2) is 4.98 Å². The Morgan fingerprint density at radius 2 is 1.82 bits per heavy atom. The van der Waals surface area contributed by atoms with Crippen molar-refractivity contribution in [3.05, 3.63) is 64.9 Å². The minimum atomic E-state index is -0.215.